The van der Waals surface area contributed by atoms with Crippen LogP contribution in [0.3, 0.4) is 0 Å². The van der Waals surface area contributed by atoms with Crippen molar-refractivity contribution < 1.29 is 34.2 Å². The van der Waals surface area contributed by atoms with E-state index in [0.29, 0.717) is 0 Å². The van der Waals surface area contributed by atoms with Crippen molar-refractivity contribution in [1.82, 2.24) is 0 Å². The van der Waals surface area contributed by atoms with Gasteiger partial charge in [0, 0.05) is 0 Å². The summed E-state index contributed by atoms with van der Waals surface area (Å²) in [5.41, 5.74) is 0. The molecule has 6 heavy (non-hydrogen) atoms. The molecule has 32 valence electrons. The van der Waals surface area contributed by atoms with E-state index in [1.165, 1.54) is 0 Å². The number of hydrogen-bond donors (Lipinski definition) is 1. The van der Waals surface area contributed by atoms with Gasteiger partial charge in [-0.3, -0.25) is 4.66 Å². The van der Waals surface area contributed by atoms with Gasteiger partial charge in [-0.05, 0) is 0 Å². The van der Waals surface area contributed by atoms with Crippen molar-refractivity contribution in [3.05, 3.63) is 10.1 Å². The van der Waals surface area contributed by atoms with Gasteiger partial charge in [0.25, 0.3) is 0 Å². The van der Waals surface area contributed by atoms with Crippen LogP contribution in [0.1, 0.15) is 0 Å². The summed E-state index contributed by atoms with van der Waals surface area (Å²) >= 11 is 3.64. The SMILES string of the molecule is O=N[O-].OCl.[Na+]. The molecule has 0 bridgehead atoms. The Kier molecular flexibility index (Phi) is 119. The van der Waals surface area contributed by atoms with E-state index in [2.05, 4.69) is 11.9 Å². The van der Waals surface area contributed by atoms with Gasteiger partial charge in [-0.1, -0.05) is 0 Å². The summed E-state index contributed by atoms with van der Waals surface area (Å²) in [4.78, 5) is 8.00. The van der Waals surface area contributed by atoms with Crippen molar-refractivity contribution in [1.29, 1.82) is 0 Å². The van der Waals surface area contributed by atoms with Crippen molar-refractivity contribution in [3.8, 4) is 0 Å². The van der Waals surface area contributed by atoms with Crippen LogP contribution < -0.4 is 29.6 Å². The Morgan fingerprint density at radius 1 is 1.67 bits per heavy atom. The van der Waals surface area contributed by atoms with Crippen molar-refractivity contribution in [2.24, 2.45) is 5.34 Å². The molecule has 6 heteroatoms. The maximum Gasteiger partial charge on any atom is 1.00 e. The summed E-state index contributed by atoms with van der Waals surface area (Å²) in [6.45, 7) is 0. The van der Waals surface area contributed by atoms with Crippen LogP contribution >= 0.6 is 11.9 Å². The Morgan fingerprint density at radius 2 is 1.67 bits per heavy atom. The number of hydrogen-bond acceptors (Lipinski definition) is 4. The van der Waals surface area contributed by atoms with E-state index in [0.717, 1.165) is 5.34 Å². The Morgan fingerprint density at radius 3 is 1.67 bits per heavy atom. The number of nitrogens with zero attached hydrogens (tertiary/aromatic N) is 1. The molecule has 1 N–H and O–H groups in total. The molecule has 0 aromatic carbocycles. The van der Waals surface area contributed by atoms with Crippen LogP contribution in [0.25, 0.3) is 0 Å². The molecular formula is HClNNaO3. The second kappa shape index (κ2) is 44.9. The monoisotopic (exact) mass is 121 g/mol. The summed E-state index contributed by atoms with van der Waals surface area (Å²) < 4.78 is 6.47. The van der Waals surface area contributed by atoms with Gasteiger partial charge in [-0.15, -0.1) is 5.34 Å². The van der Waals surface area contributed by atoms with Crippen molar-refractivity contribution in [2.75, 3.05) is 0 Å². The second-order valence-electron chi connectivity index (χ2n) is 0.0745. The zero-order chi connectivity index (χ0) is 4.71. The van der Waals surface area contributed by atoms with E-state index in [1.807, 2.05) is 0 Å². The van der Waals surface area contributed by atoms with Gasteiger partial charge < -0.3 is 10.1 Å². The molecule has 0 spiro atoms. The minimum absolute atomic E-state index is 0. The van der Waals surface area contributed by atoms with Crippen LogP contribution in [-0.2, 0) is 0 Å². The van der Waals surface area contributed by atoms with Crippen LogP contribution in [0.15, 0.2) is 5.34 Å². The molecule has 0 aliphatic carbocycles. The first kappa shape index (κ1) is 15.9. The molecule has 0 rings (SSSR count). The predicted molar refractivity (Wildman–Crippen MR) is 17.2 cm³/mol. The van der Waals surface area contributed by atoms with Crippen LogP contribution in [-0.4, -0.2) is 4.66 Å². The van der Waals surface area contributed by atoms with Gasteiger partial charge in [-0.25, -0.2) is 0 Å². The zero-order valence-corrected chi connectivity index (χ0v) is 5.84. The van der Waals surface area contributed by atoms with E-state index in [9.17, 15) is 0 Å². The summed E-state index contributed by atoms with van der Waals surface area (Å²) in [6.07, 6.45) is 0. The summed E-state index contributed by atoms with van der Waals surface area (Å²) in [6, 6.07) is 0. The maximum atomic E-state index is 8.00. The third kappa shape index (κ3) is 147. The van der Waals surface area contributed by atoms with E-state index in [-0.39, 0.29) is 29.6 Å². The van der Waals surface area contributed by atoms with E-state index in [4.69, 9.17) is 14.8 Å². The fourth-order valence-corrected chi connectivity index (χ4v) is 0. The summed E-state index contributed by atoms with van der Waals surface area (Å²) in [5.74, 6) is 0. The molecule has 0 aromatic heterocycles. The standard InChI is InChI=1S/ClHO.HNO2.Na/c1-2;2-1-3;/h2H;(H,2,3);/q;;+1/p-1. The van der Waals surface area contributed by atoms with Gasteiger partial charge in [0.05, 0.1) is 11.9 Å². The van der Waals surface area contributed by atoms with Crippen LogP contribution in [0.5, 0.6) is 0 Å². The van der Waals surface area contributed by atoms with Gasteiger partial charge in [0.15, 0.2) is 0 Å². The van der Waals surface area contributed by atoms with Crippen LogP contribution in [0.2, 0.25) is 0 Å². The molecule has 0 atom stereocenters. The molecule has 0 aromatic rings. The molecule has 0 amide bonds. The van der Waals surface area contributed by atoms with Gasteiger partial charge in [0.2, 0.25) is 0 Å². The Hall–Kier alpha value is 0.650. The Balaban J connectivity index is -0.0000000275. The molecule has 0 fully saturated rings. The molecule has 0 saturated carbocycles. The average Bonchev–Trinajstić information content (AvgIpc) is 1.46. The van der Waals surface area contributed by atoms with Crippen LogP contribution in [0.4, 0.5) is 0 Å². The van der Waals surface area contributed by atoms with E-state index >= 15 is 0 Å². The second-order valence-corrected chi connectivity index (χ2v) is 0.0745. The molecule has 0 saturated heterocycles. The maximum absolute atomic E-state index is 8.00. The molecule has 0 heterocycles. The average molecular weight is 121 g/mol. The topological polar surface area (TPSA) is 72.7 Å². The van der Waals surface area contributed by atoms with Gasteiger partial charge in [0.1, 0.15) is 0 Å². The molecule has 0 radical (unpaired) electrons. The molecule has 0 unspecified atom stereocenters. The summed E-state index contributed by atoms with van der Waals surface area (Å²) in [7, 11) is 0. The third-order valence-corrected chi connectivity index (χ3v) is 0. The fraction of sp³-hybridized carbons (Fsp3) is 0. The fourth-order valence-electron chi connectivity index (χ4n) is 0. The first-order valence-electron chi connectivity index (χ1n) is 0.534. The van der Waals surface area contributed by atoms with E-state index in [1.54, 1.807) is 0 Å². The van der Waals surface area contributed by atoms with Crippen LogP contribution in [0, 0.1) is 10.1 Å². The zero-order valence-electron chi connectivity index (χ0n) is 3.09. The van der Waals surface area contributed by atoms with Gasteiger partial charge in [-0.2, -0.15) is 0 Å². The van der Waals surface area contributed by atoms with Crippen molar-refractivity contribution in [2.45, 2.75) is 0 Å². The number of halogens is 1. The summed E-state index contributed by atoms with van der Waals surface area (Å²) in [5, 5.41) is 9.00. The molecule has 4 nitrogen and oxygen atoms in total. The van der Waals surface area contributed by atoms with Gasteiger partial charge >= 0.3 is 29.6 Å². The quantitative estimate of drug-likeness (QED) is 0.217. The minimum atomic E-state index is 0. The normalized spacial score (nSPS) is 3.00. The minimum Gasteiger partial charge on any atom is -0.444 e. The largest absolute Gasteiger partial charge is 1.00 e. The van der Waals surface area contributed by atoms with Crippen molar-refractivity contribution in [3.63, 3.8) is 0 Å². The Labute approximate surface area is 61.5 Å². The molecule has 0 aliphatic rings. The molecular weight excluding hydrogens is 120 g/mol. The first-order chi connectivity index (χ1) is 2.41. The first-order valence-corrected chi connectivity index (χ1v) is 0.872. The van der Waals surface area contributed by atoms with E-state index < -0.39 is 0 Å². The molecule has 0 aliphatic heterocycles. The number of rotatable bonds is 0. The Bertz CT molecular complexity index is 18.3. The predicted octanol–water partition coefficient (Wildman–Crippen LogP) is -2.61. The smallest absolute Gasteiger partial charge is 0.444 e. The third-order valence-electron chi connectivity index (χ3n) is 0. The van der Waals surface area contributed by atoms with Crippen molar-refractivity contribution >= 4 is 11.9 Å².